The van der Waals surface area contributed by atoms with Gasteiger partial charge in [0.05, 0.1) is 0 Å². The van der Waals surface area contributed by atoms with Gasteiger partial charge in [0.15, 0.2) is 11.5 Å². The summed E-state index contributed by atoms with van der Waals surface area (Å²) >= 11 is 0. The first-order valence-corrected chi connectivity index (χ1v) is 8.46. The second-order valence-electron chi connectivity index (χ2n) is 6.32. The molecule has 0 bridgehead atoms. The molecule has 3 rings (SSSR count). The number of aryl methyl sites for hydroxylation is 1. The molecule has 2 N–H and O–H groups in total. The van der Waals surface area contributed by atoms with Gasteiger partial charge in [-0.2, -0.15) is 0 Å². The van der Waals surface area contributed by atoms with Crippen molar-refractivity contribution in [2.24, 2.45) is 0 Å². The zero-order chi connectivity index (χ0) is 18.5. The number of anilines is 2. The summed E-state index contributed by atoms with van der Waals surface area (Å²) in [5.74, 6) is 1.44. The maximum absolute atomic E-state index is 12.5. The van der Waals surface area contributed by atoms with Crippen LogP contribution in [0.15, 0.2) is 24.3 Å². The maximum atomic E-state index is 12.5. The lowest BCUT2D eigenvalue weighted by Gasteiger charge is -2.11. The molecule has 0 saturated heterocycles. The first kappa shape index (κ1) is 17.9. The van der Waals surface area contributed by atoms with E-state index in [-0.39, 0.29) is 12.7 Å². The highest BCUT2D eigenvalue weighted by atomic mass is 16.7. The average molecular weight is 357 g/mol. The third kappa shape index (κ3) is 4.60. The lowest BCUT2D eigenvalue weighted by Crippen LogP contribution is -2.19. The smallest absolute Gasteiger partial charge is 0.274 e. The summed E-state index contributed by atoms with van der Waals surface area (Å²) in [5.41, 5.74) is 1.66. The number of nitrogens with one attached hydrogen (secondary N) is 2. The lowest BCUT2D eigenvalue weighted by molar-refractivity contribution is 0.102. The second kappa shape index (κ2) is 8.01. The normalized spacial score (nSPS) is 12.3. The molecule has 0 spiro atoms. The van der Waals surface area contributed by atoms with Crippen molar-refractivity contribution in [3.05, 3.63) is 35.7 Å². The van der Waals surface area contributed by atoms with Gasteiger partial charge in [-0.3, -0.25) is 4.79 Å². The molecule has 2 heterocycles. The van der Waals surface area contributed by atoms with E-state index in [1.807, 2.05) is 21.0 Å². The molecule has 1 aliphatic heterocycles. The Morgan fingerprint density at radius 3 is 2.81 bits per heavy atom. The molecule has 0 saturated carbocycles. The Hall–Kier alpha value is -2.87. The van der Waals surface area contributed by atoms with Crippen molar-refractivity contribution in [3.8, 4) is 11.5 Å². The van der Waals surface area contributed by atoms with E-state index in [4.69, 9.17) is 9.47 Å². The number of carbonyl (C=O) groups excluding carboxylic acids is 1. The Bertz CT molecular complexity index is 794. The number of carbonyl (C=O) groups is 1. The predicted octanol–water partition coefficient (Wildman–Crippen LogP) is 2.13. The van der Waals surface area contributed by atoms with E-state index in [2.05, 4.69) is 25.5 Å². The van der Waals surface area contributed by atoms with E-state index in [1.54, 1.807) is 24.3 Å². The minimum absolute atomic E-state index is 0.195. The number of amides is 1. The third-order valence-electron chi connectivity index (χ3n) is 3.78. The second-order valence-corrected chi connectivity index (χ2v) is 6.32. The Morgan fingerprint density at radius 1 is 1.19 bits per heavy atom. The van der Waals surface area contributed by atoms with Crippen LogP contribution in [0.25, 0.3) is 0 Å². The van der Waals surface area contributed by atoms with Gasteiger partial charge < -0.3 is 25.0 Å². The first-order valence-electron chi connectivity index (χ1n) is 8.46. The molecular formula is C18H23N5O3. The number of aromatic nitrogens is 2. The van der Waals surface area contributed by atoms with E-state index < -0.39 is 0 Å². The molecule has 1 aliphatic rings. The van der Waals surface area contributed by atoms with Crippen LogP contribution in [-0.2, 0) is 0 Å². The Balaban J connectivity index is 1.65. The zero-order valence-corrected chi connectivity index (χ0v) is 15.2. The molecule has 0 aliphatic carbocycles. The molecule has 0 radical (unpaired) electrons. The van der Waals surface area contributed by atoms with E-state index in [0.717, 1.165) is 25.2 Å². The van der Waals surface area contributed by atoms with E-state index >= 15 is 0 Å². The quantitative estimate of drug-likeness (QED) is 0.734. The van der Waals surface area contributed by atoms with Gasteiger partial charge in [0, 0.05) is 24.0 Å². The van der Waals surface area contributed by atoms with Gasteiger partial charge in [0.1, 0.15) is 5.69 Å². The Kier molecular flexibility index (Phi) is 5.52. The van der Waals surface area contributed by atoms with E-state index in [0.29, 0.717) is 28.8 Å². The topological polar surface area (TPSA) is 88.6 Å². The number of hydrogen-bond acceptors (Lipinski definition) is 7. The molecule has 26 heavy (non-hydrogen) atoms. The number of benzene rings is 1. The number of hydrogen-bond donors (Lipinski definition) is 2. The van der Waals surface area contributed by atoms with Crippen LogP contribution in [0.2, 0.25) is 0 Å². The Morgan fingerprint density at radius 2 is 2.00 bits per heavy atom. The summed E-state index contributed by atoms with van der Waals surface area (Å²) in [5, 5.41) is 5.99. The monoisotopic (exact) mass is 357 g/mol. The molecule has 1 aromatic heterocycles. The highest BCUT2D eigenvalue weighted by molar-refractivity contribution is 6.03. The number of nitrogens with zero attached hydrogens (tertiary/aromatic N) is 3. The molecule has 1 amide bonds. The highest BCUT2D eigenvalue weighted by Gasteiger charge is 2.16. The fourth-order valence-electron chi connectivity index (χ4n) is 2.53. The van der Waals surface area contributed by atoms with Crippen molar-refractivity contribution < 1.29 is 14.3 Å². The molecule has 2 aromatic rings. The summed E-state index contributed by atoms with van der Waals surface area (Å²) in [4.78, 5) is 23.3. The largest absolute Gasteiger partial charge is 0.454 e. The summed E-state index contributed by atoms with van der Waals surface area (Å²) in [6.07, 6.45) is 0.961. The molecule has 0 fully saturated rings. The van der Waals surface area contributed by atoms with Crippen molar-refractivity contribution in [1.82, 2.24) is 14.9 Å². The van der Waals surface area contributed by atoms with Crippen LogP contribution in [0.1, 0.15) is 22.6 Å². The summed E-state index contributed by atoms with van der Waals surface area (Å²) in [6.45, 7) is 3.74. The summed E-state index contributed by atoms with van der Waals surface area (Å²) in [7, 11) is 4.06. The maximum Gasteiger partial charge on any atom is 0.274 e. The van der Waals surface area contributed by atoms with Crippen molar-refractivity contribution in [1.29, 1.82) is 0 Å². The van der Waals surface area contributed by atoms with Gasteiger partial charge in [0.2, 0.25) is 12.7 Å². The average Bonchev–Trinajstić information content (AvgIpc) is 3.06. The van der Waals surface area contributed by atoms with Crippen LogP contribution in [0, 0.1) is 6.92 Å². The van der Waals surface area contributed by atoms with Crippen LogP contribution in [-0.4, -0.2) is 54.8 Å². The zero-order valence-electron chi connectivity index (χ0n) is 15.2. The van der Waals surface area contributed by atoms with Crippen LogP contribution in [0.3, 0.4) is 0 Å². The van der Waals surface area contributed by atoms with Gasteiger partial charge in [0.25, 0.3) is 5.91 Å². The van der Waals surface area contributed by atoms with Crippen molar-refractivity contribution >= 4 is 17.5 Å². The standard InChI is InChI=1S/C18H23N5O3/c1-12-9-14(22-18(20-12)19-7-4-8-23(2)3)17(24)21-13-5-6-15-16(10-13)26-11-25-15/h5-6,9-10H,4,7-8,11H2,1-3H3,(H,21,24)(H,19,20,22). The molecular weight excluding hydrogens is 334 g/mol. The SMILES string of the molecule is Cc1cc(C(=O)Nc2ccc3c(c2)OCO3)nc(NCCCN(C)C)n1. The minimum atomic E-state index is -0.300. The Labute approximate surface area is 152 Å². The molecule has 1 aromatic carbocycles. The molecule has 0 atom stereocenters. The molecule has 138 valence electrons. The van der Waals surface area contributed by atoms with Gasteiger partial charge in [-0.1, -0.05) is 0 Å². The van der Waals surface area contributed by atoms with E-state index in [1.165, 1.54) is 0 Å². The number of rotatable bonds is 7. The highest BCUT2D eigenvalue weighted by Crippen LogP contribution is 2.34. The van der Waals surface area contributed by atoms with Crippen LogP contribution in [0.5, 0.6) is 11.5 Å². The van der Waals surface area contributed by atoms with Gasteiger partial charge in [-0.15, -0.1) is 0 Å². The van der Waals surface area contributed by atoms with Gasteiger partial charge >= 0.3 is 0 Å². The van der Waals surface area contributed by atoms with Gasteiger partial charge in [-0.05, 0) is 52.2 Å². The molecule has 0 unspecified atom stereocenters. The van der Waals surface area contributed by atoms with Crippen molar-refractivity contribution in [3.63, 3.8) is 0 Å². The van der Waals surface area contributed by atoms with Gasteiger partial charge in [-0.25, -0.2) is 9.97 Å². The fraction of sp³-hybridized carbons (Fsp3) is 0.389. The summed E-state index contributed by atoms with van der Waals surface area (Å²) < 4.78 is 10.6. The third-order valence-corrected chi connectivity index (χ3v) is 3.78. The number of ether oxygens (including phenoxy) is 2. The predicted molar refractivity (Wildman–Crippen MR) is 98.9 cm³/mol. The van der Waals surface area contributed by atoms with Crippen LogP contribution < -0.4 is 20.1 Å². The summed E-state index contributed by atoms with van der Waals surface area (Å²) in [6, 6.07) is 6.92. The minimum Gasteiger partial charge on any atom is -0.454 e. The molecule has 8 nitrogen and oxygen atoms in total. The lowest BCUT2D eigenvalue weighted by atomic mass is 10.2. The van der Waals surface area contributed by atoms with E-state index in [9.17, 15) is 4.79 Å². The van der Waals surface area contributed by atoms with Crippen LogP contribution >= 0.6 is 0 Å². The van der Waals surface area contributed by atoms with Crippen LogP contribution in [0.4, 0.5) is 11.6 Å². The number of fused-ring (bicyclic) bond motifs is 1. The van der Waals surface area contributed by atoms with Crippen molar-refractivity contribution in [2.45, 2.75) is 13.3 Å². The fourth-order valence-corrected chi connectivity index (χ4v) is 2.53. The van der Waals surface area contributed by atoms with Crippen molar-refractivity contribution in [2.75, 3.05) is 44.6 Å². The molecule has 8 heteroatoms. The first-order chi connectivity index (χ1) is 12.5.